The Morgan fingerprint density at radius 3 is 2.00 bits per heavy atom. The summed E-state index contributed by atoms with van der Waals surface area (Å²) in [4.78, 5) is 0. The van der Waals surface area contributed by atoms with Gasteiger partial charge in [0.2, 0.25) is 0 Å². The minimum Gasteiger partial charge on any atom is -0.316 e. The van der Waals surface area contributed by atoms with Crippen LogP contribution in [-0.4, -0.2) is 31.1 Å². The van der Waals surface area contributed by atoms with Crippen LogP contribution in [0.1, 0.15) is 19.3 Å². The zero-order chi connectivity index (χ0) is 13.3. The quantitative estimate of drug-likeness (QED) is 0.774. The lowest BCUT2D eigenvalue weighted by Crippen LogP contribution is -2.53. The van der Waals surface area contributed by atoms with E-state index in [0.717, 1.165) is 0 Å². The Hall–Kier alpha value is -0.530. The average Bonchev–Trinajstić information content (AvgIpc) is 2.16. The Kier molecular flexibility index (Phi) is 3.95. The summed E-state index contributed by atoms with van der Waals surface area (Å²) in [5.41, 5.74) is 0. The van der Waals surface area contributed by atoms with Crippen molar-refractivity contribution in [1.82, 2.24) is 5.32 Å². The molecule has 1 heterocycles. The maximum Gasteiger partial charge on any atom is 0.459 e. The van der Waals surface area contributed by atoms with Crippen molar-refractivity contribution in [2.45, 2.75) is 37.3 Å². The first-order valence-corrected chi connectivity index (χ1v) is 5.11. The van der Waals surface area contributed by atoms with Crippen LogP contribution in [0.2, 0.25) is 0 Å². The molecule has 0 aliphatic carbocycles. The average molecular weight is 267 g/mol. The molecule has 0 aromatic heterocycles. The standard InChI is InChI=1S/C9H12F7N/c10-7(11,8(12,13)9(14,15)16)4-6-2-1-3-17-5-6/h6,17H,1-5H2. The molecule has 1 saturated heterocycles. The zero-order valence-corrected chi connectivity index (χ0v) is 8.76. The Morgan fingerprint density at radius 2 is 1.59 bits per heavy atom. The first-order valence-electron chi connectivity index (χ1n) is 5.11. The molecule has 0 bridgehead atoms. The molecule has 102 valence electrons. The normalized spacial score (nSPS) is 23.8. The SMILES string of the molecule is FC(F)(F)C(F)(F)C(F)(F)CC1CCCNC1. The molecule has 1 aliphatic heterocycles. The smallest absolute Gasteiger partial charge is 0.316 e. The van der Waals surface area contributed by atoms with Gasteiger partial charge in [0.15, 0.2) is 0 Å². The third kappa shape index (κ3) is 3.02. The summed E-state index contributed by atoms with van der Waals surface area (Å²) in [6.07, 6.45) is -6.94. The third-order valence-corrected chi connectivity index (χ3v) is 2.76. The number of hydrogen-bond donors (Lipinski definition) is 1. The molecule has 1 aliphatic rings. The van der Waals surface area contributed by atoms with Crippen molar-refractivity contribution < 1.29 is 30.7 Å². The highest BCUT2D eigenvalue weighted by Crippen LogP contribution is 2.49. The number of alkyl halides is 7. The molecule has 1 atom stereocenters. The van der Waals surface area contributed by atoms with Gasteiger partial charge in [0.1, 0.15) is 0 Å². The zero-order valence-electron chi connectivity index (χ0n) is 8.76. The molecular formula is C9H12F7N. The lowest BCUT2D eigenvalue weighted by atomic mass is 9.90. The molecule has 0 aromatic rings. The Morgan fingerprint density at radius 1 is 1.00 bits per heavy atom. The predicted molar refractivity (Wildman–Crippen MR) is 46.2 cm³/mol. The fourth-order valence-corrected chi connectivity index (χ4v) is 1.80. The summed E-state index contributed by atoms with van der Waals surface area (Å²) in [5.74, 6) is -11.9. The fourth-order valence-electron chi connectivity index (χ4n) is 1.80. The Bertz CT molecular complexity index is 255. The van der Waals surface area contributed by atoms with Gasteiger partial charge in [-0.1, -0.05) is 0 Å². The van der Waals surface area contributed by atoms with E-state index in [1.54, 1.807) is 0 Å². The number of halogens is 7. The van der Waals surface area contributed by atoms with E-state index in [4.69, 9.17) is 0 Å². The van der Waals surface area contributed by atoms with Gasteiger partial charge in [-0.25, -0.2) is 0 Å². The van der Waals surface area contributed by atoms with E-state index in [-0.39, 0.29) is 13.0 Å². The molecular weight excluding hydrogens is 255 g/mol. The topological polar surface area (TPSA) is 12.0 Å². The molecule has 0 amide bonds. The molecule has 1 unspecified atom stereocenters. The van der Waals surface area contributed by atoms with E-state index in [0.29, 0.717) is 13.0 Å². The van der Waals surface area contributed by atoms with Crippen molar-refractivity contribution in [1.29, 1.82) is 0 Å². The maximum absolute atomic E-state index is 13.0. The second-order valence-corrected chi connectivity index (χ2v) is 4.19. The highest BCUT2D eigenvalue weighted by molar-refractivity contribution is 4.93. The lowest BCUT2D eigenvalue weighted by Gasteiger charge is -2.32. The van der Waals surface area contributed by atoms with Crippen molar-refractivity contribution in [3.63, 3.8) is 0 Å². The minimum absolute atomic E-state index is 0.0452. The molecule has 1 N–H and O–H groups in total. The summed E-state index contributed by atoms with van der Waals surface area (Å²) in [6, 6.07) is 0. The molecule has 1 nitrogen and oxygen atoms in total. The van der Waals surface area contributed by atoms with E-state index in [9.17, 15) is 30.7 Å². The van der Waals surface area contributed by atoms with Gasteiger partial charge < -0.3 is 5.32 Å². The number of piperidine rings is 1. The number of rotatable bonds is 3. The van der Waals surface area contributed by atoms with Crippen molar-refractivity contribution in [3.8, 4) is 0 Å². The van der Waals surface area contributed by atoms with Crippen LogP contribution in [0.15, 0.2) is 0 Å². The number of nitrogens with one attached hydrogen (secondary N) is 1. The molecule has 0 radical (unpaired) electrons. The molecule has 0 aromatic carbocycles. The maximum atomic E-state index is 13.0. The Balaban J connectivity index is 2.72. The van der Waals surface area contributed by atoms with Crippen molar-refractivity contribution in [2.75, 3.05) is 13.1 Å². The first kappa shape index (κ1) is 14.5. The van der Waals surface area contributed by atoms with Gasteiger partial charge >= 0.3 is 18.0 Å². The van der Waals surface area contributed by atoms with Crippen molar-refractivity contribution >= 4 is 0 Å². The van der Waals surface area contributed by atoms with Crippen molar-refractivity contribution in [3.05, 3.63) is 0 Å². The van der Waals surface area contributed by atoms with Gasteiger partial charge in [0.25, 0.3) is 0 Å². The fraction of sp³-hybridized carbons (Fsp3) is 1.00. The Labute approximate surface area is 93.4 Å². The molecule has 1 rings (SSSR count). The van der Waals surface area contributed by atoms with Crippen LogP contribution in [0.4, 0.5) is 30.7 Å². The molecule has 17 heavy (non-hydrogen) atoms. The highest BCUT2D eigenvalue weighted by Gasteiger charge is 2.72. The summed E-state index contributed by atoms with van der Waals surface area (Å²) in [6.45, 7) is 0.612. The first-order chi connectivity index (χ1) is 7.58. The molecule has 8 heteroatoms. The van der Waals surface area contributed by atoms with E-state index in [1.165, 1.54) is 0 Å². The second-order valence-electron chi connectivity index (χ2n) is 4.19. The van der Waals surface area contributed by atoms with E-state index in [1.807, 2.05) is 0 Å². The molecule has 0 spiro atoms. The largest absolute Gasteiger partial charge is 0.459 e. The van der Waals surface area contributed by atoms with Gasteiger partial charge in [-0.3, -0.25) is 0 Å². The highest BCUT2D eigenvalue weighted by atomic mass is 19.4. The lowest BCUT2D eigenvalue weighted by molar-refractivity contribution is -0.357. The summed E-state index contributed by atoms with van der Waals surface area (Å²) >= 11 is 0. The van der Waals surface area contributed by atoms with Crippen LogP contribution in [0.25, 0.3) is 0 Å². The van der Waals surface area contributed by atoms with Gasteiger partial charge in [-0.2, -0.15) is 30.7 Å². The van der Waals surface area contributed by atoms with Gasteiger partial charge in [-0.05, 0) is 31.8 Å². The van der Waals surface area contributed by atoms with Crippen LogP contribution in [0.3, 0.4) is 0 Å². The van der Waals surface area contributed by atoms with Crippen LogP contribution in [-0.2, 0) is 0 Å². The van der Waals surface area contributed by atoms with E-state index in [2.05, 4.69) is 5.32 Å². The summed E-state index contributed by atoms with van der Waals surface area (Å²) < 4.78 is 86.6. The van der Waals surface area contributed by atoms with Crippen LogP contribution in [0.5, 0.6) is 0 Å². The van der Waals surface area contributed by atoms with Gasteiger partial charge in [-0.15, -0.1) is 0 Å². The molecule has 1 fully saturated rings. The summed E-state index contributed by atoms with van der Waals surface area (Å²) in [5, 5.41) is 2.69. The van der Waals surface area contributed by atoms with E-state index >= 15 is 0 Å². The third-order valence-electron chi connectivity index (χ3n) is 2.76. The minimum atomic E-state index is -6.22. The van der Waals surface area contributed by atoms with Crippen LogP contribution < -0.4 is 5.32 Å². The van der Waals surface area contributed by atoms with Crippen LogP contribution in [0, 0.1) is 5.92 Å². The monoisotopic (exact) mass is 267 g/mol. The number of hydrogen-bond acceptors (Lipinski definition) is 1. The van der Waals surface area contributed by atoms with E-state index < -0.39 is 30.4 Å². The summed E-state index contributed by atoms with van der Waals surface area (Å²) in [7, 11) is 0. The predicted octanol–water partition coefficient (Wildman–Crippen LogP) is 3.21. The van der Waals surface area contributed by atoms with Crippen molar-refractivity contribution in [2.24, 2.45) is 5.92 Å². The van der Waals surface area contributed by atoms with Crippen LogP contribution >= 0.6 is 0 Å². The van der Waals surface area contributed by atoms with Gasteiger partial charge in [0.05, 0.1) is 0 Å². The second kappa shape index (κ2) is 4.62. The molecule has 0 saturated carbocycles. The van der Waals surface area contributed by atoms with Gasteiger partial charge in [0, 0.05) is 6.42 Å².